The van der Waals surface area contributed by atoms with Crippen LogP contribution in [-0.2, 0) is 11.4 Å². The lowest BCUT2D eigenvalue weighted by molar-refractivity contribution is -0.123. The Hall–Kier alpha value is -3.52. The third kappa shape index (κ3) is 7.25. The van der Waals surface area contributed by atoms with E-state index in [-0.39, 0.29) is 12.5 Å². The molecular weight excluding hydrogens is 488 g/mol. The molecular formula is C25H25BrN2O5. The van der Waals surface area contributed by atoms with Crippen LogP contribution < -0.4 is 24.4 Å². The maximum absolute atomic E-state index is 12.0. The van der Waals surface area contributed by atoms with Gasteiger partial charge in [0, 0.05) is 0 Å². The third-order valence-electron chi connectivity index (χ3n) is 4.59. The second-order valence-electron chi connectivity index (χ2n) is 7.07. The molecule has 7 nitrogen and oxygen atoms in total. The second kappa shape index (κ2) is 11.9. The fraction of sp³-hybridized carbons (Fsp3) is 0.200. The Labute approximate surface area is 201 Å². The molecule has 0 spiro atoms. The number of halogens is 1. The van der Waals surface area contributed by atoms with Gasteiger partial charge in [0.05, 0.1) is 24.9 Å². The summed E-state index contributed by atoms with van der Waals surface area (Å²) in [7, 11) is 3.15. The highest BCUT2D eigenvalue weighted by molar-refractivity contribution is 9.10. The molecule has 3 aromatic carbocycles. The van der Waals surface area contributed by atoms with E-state index >= 15 is 0 Å². The van der Waals surface area contributed by atoms with E-state index in [9.17, 15) is 4.79 Å². The molecule has 0 aliphatic carbocycles. The monoisotopic (exact) mass is 512 g/mol. The van der Waals surface area contributed by atoms with Crippen LogP contribution in [0.25, 0.3) is 0 Å². The number of amides is 1. The Morgan fingerprint density at radius 1 is 0.970 bits per heavy atom. The number of carbonyl (C=O) groups excluding carboxylic acids is 1. The lowest BCUT2D eigenvalue weighted by atomic mass is 10.2. The Balaban J connectivity index is 1.55. The summed E-state index contributed by atoms with van der Waals surface area (Å²) in [6.07, 6.45) is 1.52. The van der Waals surface area contributed by atoms with Crippen LogP contribution >= 0.6 is 15.9 Å². The first-order valence-electron chi connectivity index (χ1n) is 10.1. The van der Waals surface area contributed by atoms with Crippen molar-refractivity contribution in [3.05, 3.63) is 81.8 Å². The number of hydrazone groups is 1. The number of nitrogens with zero attached hydrogens (tertiary/aromatic N) is 1. The van der Waals surface area contributed by atoms with Crippen LogP contribution in [0, 0.1) is 6.92 Å². The summed E-state index contributed by atoms with van der Waals surface area (Å²) in [6.45, 7) is 2.29. The number of aryl methyl sites for hydroxylation is 1. The Bertz CT molecular complexity index is 1100. The number of benzene rings is 3. The fourth-order valence-corrected chi connectivity index (χ4v) is 3.40. The lowest BCUT2D eigenvalue weighted by Crippen LogP contribution is -2.24. The van der Waals surface area contributed by atoms with E-state index < -0.39 is 0 Å². The first kappa shape index (κ1) is 24.1. The highest BCUT2D eigenvalue weighted by atomic mass is 79.9. The normalized spacial score (nSPS) is 10.7. The van der Waals surface area contributed by atoms with Gasteiger partial charge in [-0.15, -0.1) is 0 Å². The molecule has 0 atom stereocenters. The van der Waals surface area contributed by atoms with Gasteiger partial charge in [0.15, 0.2) is 18.1 Å². The molecule has 1 N–H and O–H groups in total. The second-order valence-corrected chi connectivity index (χ2v) is 7.92. The Kier molecular flexibility index (Phi) is 8.71. The van der Waals surface area contributed by atoms with Crippen molar-refractivity contribution in [1.29, 1.82) is 0 Å². The molecule has 1 amide bonds. The van der Waals surface area contributed by atoms with Crippen molar-refractivity contribution in [2.45, 2.75) is 13.5 Å². The molecule has 0 bridgehead atoms. The minimum absolute atomic E-state index is 0.164. The standard InChI is InChI=1S/C25H25BrN2O5/c1-17-4-6-18(7-5-17)15-33-25-22(26)12-19(13-23(25)31-3)14-27-28-24(29)16-32-21-10-8-20(30-2)9-11-21/h4-14H,15-16H2,1-3H3,(H,28,29)/b27-14+. The van der Waals surface area contributed by atoms with Crippen molar-refractivity contribution in [2.24, 2.45) is 5.10 Å². The Morgan fingerprint density at radius 2 is 1.67 bits per heavy atom. The highest BCUT2D eigenvalue weighted by Gasteiger charge is 2.12. The average molecular weight is 513 g/mol. The molecule has 0 fully saturated rings. The van der Waals surface area contributed by atoms with Gasteiger partial charge in [-0.3, -0.25) is 4.79 Å². The number of rotatable bonds is 10. The summed E-state index contributed by atoms with van der Waals surface area (Å²) < 4.78 is 22.7. The summed E-state index contributed by atoms with van der Waals surface area (Å²) in [6, 6.07) is 18.7. The van der Waals surface area contributed by atoms with Crippen LogP contribution in [0.15, 0.2) is 70.2 Å². The fourth-order valence-electron chi connectivity index (χ4n) is 2.83. The van der Waals surface area contributed by atoms with Crippen molar-refractivity contribution in [3.63, 3.8) is 0 Å². The summed E-state index contributed by atoms with van der Waals surface area (Å²) >= 11 is 3.52. The van der Waals surface area contributed by atoms with Gasteiger partial charge >= 0.3 is 0 Å². The van der Waals surface area contributed by atoms with Crippen LogP contribution in [0.4, 0.5) is 0 Å². The van der Waals surface area contributed by atoms with Gasteiger partial charge in [-0.25, -0.2) is 5.43 Å². The van der Waals surface area contributed by atoms with Crippen molar-refractivity contribution in [2.75, 3.05) is 20.8 Å². The zero-order valence-corrected chi connectivity index (χ0v) is 20.2. The maximum atomic E-state index is 12.0. The van der Waals surface area contributed by atoms with Gasteiger partial charge in [-0.1, -0.05) is 29.8 Å². The van der Waals surface area contributed by atoms with Crippen LogP contribution in [0.2, 0.25) is 0 Å². The van der Waals surface area contributed by atoms with Gasteiger partial charge < -0.3 is 18.9 Å². The lowest BCUT2D eigenvalue weighted by Gasteiger charge is -2.13. The number of nitrogens with one attached hydrogen (secondary N) is 1. The predicted octanol–water partition coefficient (Wildman–Crippen LogP) is 4.88. The van der Waals surface area contributed by atoms with E-state index in [0.29, 0.717) is 34.1 Å². The number of methoxy groups -OCH3 is 2. The van der Waals surface area contributed by atoms with Gasteiger partial charge in [-0.05, 0) is 70.4 Å². The molecule has 0 aliphatic rings. The predicted molar refractivity (Wildman–Crippen MR) is 130 cm³/mol. The van der Waals surface area contributed by atoms with Crippen molar-refractivity contribution in [3.8, 4) is 23.0 Å². The molecule has 0 unspecified atom stereocenters. The number of hydrogen-bond acceptors (Lipinski definition) is 6. The molecule has 0 saturated carbocycles. The van der Waals surface area contributed by atoms with E-state index in [2.05, 4.69) is 26.5 Å². The van der Waals surface area contributed by atoms with E-state index in [1.807, 2.05) is 37.3 Å². The zero-order valence-electron chi connectivity index (χ0n) is 18.6. The molecule has 0 radical (unpaired) electrons. The third-order valence-corrected chi connectivity index (χ3v) is 5.18. The molecule has 3 rings (SSSR count). The molecule has 33 heavy (non-hydrogen) atoms. The van der Waals surface area contributed by atoms with Crippen molar-refractivity contribution in [1.82, 2.24) is 5.43 Å². The van der Waals surface area contributed by atoms with Gasteiger partial charge in [-0.2, -0.15) is 5.10 Å². The quantitative estimate of drug-likeness (QED) is 0.309. The first-order chi connectivity index (χ1) is 16.0. The highest BCUT2D eigenvalue weighted by Crippen LogP contribution is 2.36. The molecule has 0 saturated heterocycles. The average Bonchev–Trinajstić information content (AvgIpc) is 2.83. The van der Waals surface area contributed by atoms with E-state index in [0.717, 1.165) is 11.1 Å². The van der Waals surface area contributed by atoms with Crippen LogP contribution in [0.3, 0.4) is 0 Å². The topological polar surface area (TPSA) is 78.4 Å². The minimum Gasteiger partial charge on any atom is -0.497 e. The van der Waals surface area contributed by atoms with Gasteiger partial charge in [0.2, 0.25) is 0 Å². The largest absolute Gasteiger partial charge is 0.497 e. The smallest absolute Gasteiger partial charge is 0.277 e. The van der Waals surface area contributed by atoms with Crippen LogP contribution in [0.1, 0.15) is 16.7 Å². The maximum Gasteiger partial charge on any atom is 0.277 e. The molecule has 3 aromatic rings. The summed E-state index contributed by atoms with van der Waals surface area (Å²) in [5, 5.41) is 3.99. The molecule has 172 valence electrons. The van der Waals surface area contributed by atoms with Crippen LogP contribution in [-0.4, -0.2) is 32.9 Å². The molecule has 8 heteroatoms. The molecule has 0 aromatic heterocycles. The summed E-state index contributed by atoms with van der Waals surface area (Å²) in [5.41, 5.74) is 5.41. The van der Waals surface area contributed by atoms with E-state index in [4.69, 9.17) is 18.9 Å². The van der Waals surface area contributed by atoms with E-state index in [1.54, 1.807) is 44.6 Å². The first-order valence-corrected chi connectivity index (χ1v) is 10.9. The Morgan fingerprint density at radius 3 is 2.33 bits per heavy atom. The van der Waals surface area contributed by atoms with Crippen molar-refractivity contribution >= 4 is 28.1 Å². The SMILES string of the molecule is COc1ccc(OCC(=O)N/N=C/c2cc(Br)c(OCc3ccc(C)cc3)c(OC)c2)cc1. The van der Waals surface area contributed by atoms with Gasteiger partial charge in [0.25, 0.3) is 5.91 Å². The molecule has 0 aliphatic heterocycles. The van der Waals surface area contributed by atoms with E-state index in [1.165, 1.54) is 11.8 Å². The van der Waals surface area contributed by atoms with Gasteiger partial charge in [0.1, 0.15) is 18.1 Å². The zero-order chi connectivity index (χ0) is 23.6. The number of hydrogen-bond donors (Lipinski definition) is 1. The molecule has 0 heterocycles. The van der Waals surface area contributed by atoms with Crippen LogP contribution in [0.5, 0.6) is 23.0 Å². The number of ether oxygens (including phenoxy) is 4. The summed E-state index contributed by atoms with van der Waals surface area (Å²) in [5.74, 6) is 2.03. The summed E-state index contributed by atoms with van der Waals surface area (Å²) in [4.78, 5) is 12.0. The number of carbonyl (C=O) groups is 1. The minimum atomic E-state index is -0.383. The van der Waals surface area contributed by atoms with Crippen molar-refractivity contribution < 1.29 is 23.7 Å².